The Balaban J connectivity index is 1.46. The van der Waals surface area contributed by atoms with Gasteiger partial charge in [0.25, 0.3) is 0 Å². The maximum atomic E-state index is 12.3. The molecule has 0 radical (unpaired) electrons. The van der Waals surface area contributed by atoms with Gasteiger partial charge in [-0.3, -0.25) is 9.69 Å². The summed E-state index contributed by atoms with van der Waals surface area (Å²) in [6.07, 6.45) is 0.560. The van der Waals surface area contributed by atoms with E-state index in [2.05, 4.69) is 4.90 Å². The number of ether oxygens (including phenoxy) is 1. The average Bonchev–Trinajstić information content (AvgIpc) is 2.92. The van der Waals surface area contributed by atoms with Gasteiger partial charge in [0.2, 0.25) is 5.91 Å². The molecule has 0 N–H and O–H groups in total. The molecule has 0 bridgehead atoms. The highest BCUT2D eigenvalue weighted by Crippen LogP contribution is 2.23. The monoisotopic (exact) mass is 364 g/mol. The van der Waals surface area contributed by atoms with Crippen molar-refractivity contribution in [2.45, 2.75) is 13.0 Å². The molecular formula is C18H21ClN2O2S. The Hall–Kier alpha value is -1.56. The van der Waals surface area contributed by atoms with E-state index in [4.69, 9.17) is 16.3 Å². The van der Waals surface area contributed by atoms with E-state index in [0.717, 1.165) is 41.1 Å². The van der Waals surface area contributed by atoms with Crippen molar-refractivity contribution in [3.63, 3.8) is 0 Å². The zero-order chi connectivity index (χ0) is 16.8. The van der Waals surface area contributed by atoms with Crippen LogP contribution in [0.15, 0.2) is 42.5 Å². The van der Waals surface area contributed by atoms with Gasteiger partial charge in [-0.05, 0) is 24.3 Å². The van der Waals surface area contributed by atoms with Crippen LogP contribution >= 0.6 is 22.9 Å². The zero-order valence-corrected chi connectivity index (χ0v) is 15.1. The fraction of sp³-hybridized carbons (Fsp3) is 0.389. The number of para-hydroxylation sites is 1. The number of benzene rings is 1. The van der Waals surface area contributed by atoms with Crippen molar-refractivity contribution in [3.8, 4) is 5.75 Å². The minimum Gasteiger partial charge on any atom is -0.492 e. The third-order valence-electron chi connectivity index (χ3n) is 4.08. The van der Waals surface area contributed by atoms with Gasteiger partial charge in [0.05, 0.1) is 10.9 Å². The van der Waals surface area contributed by atoms with Crippen molar-refractivity contribution in [1.82, 2.24) is 9.80 Å². The molecular weight excluding hydrogens is 344 g/mol. The molecule has 1 aromatic heterocycles. The van der Waals surface area contributed by atoms with E-state index >= 15 is 0 Å². The lowest BCUT2D eigenvalue weighted by atomic mass is 10.3. The average molecular weight is 365 g/mol. The molecule has 2 heterocycles. The zero-order valence-electron chi connectivity index (χ0n) is 13.5. The van der Waals surface area contributed by atoms with Crippen LogP contribution < -0.4 is 4.74 Å². The maximum Gasteiger partial charge on any atom is 0.224 e. The molecule has 3 rings (SSSR count). The van der Waals surface area contributed by atoms with Crippen LogP contribution in [0, 0.1) is 0 Å². The van der Waals surface area contributed by atoms with Gasteiger partial charge in [-0.25, -0.2) is 0 Å². The minimum absolute atomic E-state index is 0.214. The molecule has 6 heteroatoms. The molecule has 1 aromatic carbocycles. The Morgan fingerprint density at radius 3 is 2.67 bits per heavy atom. The normalized spacial score (nSPS) is 16.2. The summed E-state index contributed by atoms with van der Waals surface area (Å²) in [4.78, 5) is 17.7. The summed E-state index contributed by atoms with van der Waals surface area (Å²) in [6, 6.07) is 13.7. The van der Waals surface area contributed by atoms with Gasteiger partial charge in [0.15, 0.2) is 0 Å². The quantitative estimate of drug-likeness (QED) is 0.786. The summed E-state index contributed by atoms with van der Waals surface area (Å²) in [5, 5.41) is 0. The Kier molecular flexibility index (Phi) is 6.12. The second kappa shape index (κ2) is 8.51. The van der Waals surface area contributed by atoms with Crippen molar-refractivity contribution in [1.29, 1.82) is 0 Å². The predicted octanol–water partition coefficient (Wildman–Crippen LogP) is 3.51. The van der Waals surface area contributed by atoms with Gasteiger partial charge >= 0.3 is 0 Å². The van der Waals surface area contributed by atoms with Crippen LogP contribution in [0.5, 0.6) is 5.75 Å². The summed E-state index contributed by atoms with van der Waals surface area (Å²) < 4.78 is 6.52. The lowest BCUT2D eigenvalue weighted by Gasteiger charge is -2.21. The lowest BCUT2D eigenvalue weighted by molar-refractivity contribution is -0.130. The van der Waals surface area contributed by atoms with E-state index in [0.29, 0.717) is 19.6 Å². The van der Waals surface area contributed by atoms with E-state index in [-0.39, 0.29) is 5.91 Å². The largest absolute Gasteiger partial charge is 0.492 e. The SMILES string of the molecule is O=C1CCN(CCOc2ccccc2)CCN1Cc1ccc(Cl)s1. The van der Waals surface area contributed by atoms with Gasteiger partial charge in [0.1, 0.15) is 12.4 Å². The highest BCUT2D eigenvalue weighted by molar-refractivity contribution is 7.16. The van der Waals surface area contributed by atoms with Gasteiger partial charge in [-0.15, -0.1) is 11.3 Å². The first-order valence-electron chi connectivity index (χ1n) is 8.13. The van der Waals surface area contributed by atoms with E-state index in [1.807, 2.05) is 47.4 Å². The number of nitrogens with zero attached hydrogens (tertiary/aromatic N) is 2. The first-order chi connectivity index (χ1) is 11.7. The number of hydrogen-bond acceptors (Lipinski definition) is 4. The van der Waals surface area contributed by atoms with Gasteiger partial charge < -0.3 is 9.64 Å². The van der Waals surface area contributed by atoms with Crippen LogP contribution in [0.4, 0.5) is 0 Å². The molecule has 1 saturated heterocycles. The summed E-state index contributed by atoms with van der Waals surface area (Å²) >= 11 is 7.51. The molecule has 0 saturated carbocycles. The van der Waals surface area contributed by atoms with Crippen LogP contribution in [-0.4, -0.2) is 48.5 Å². The van der Waals surface area contributed by atoms with Crippen molar-refractivity contribution < 1.29 is 9.53 Å². The number of hydrogen-bond donors (Lipinski definition) is 0. The first-order valence-corrected chi connectivity index (χ1v) is 9.32. The highest BCUT2D eigenvalue weighted by atomic mass is 35.5. The van der Waals surface area contributed by atoms with E-state index in [1.54, 1.807) is 11.3 Å². The van der Waals surface area contributed by atoms with Crippen LogP contribution in [0.25, 0.3) is 0 Å². The fourth-order valence-electron chi connectivity index (χ4n) is 2.74. The molecule has 1 amide bonds. The predicted molar refractivity (Wildman–Crippen MR) is 97.7 cm³/mol. The van der Waals surface area contributed by atoms with Crippen LogP contribution in [0.2, 0.25) is 4.34 Å². The second-order valence-corrected chi connectivity index (χ2v) is 7.57. The summed E-state index contributed by atoms with van der Waals surface area (Å²) in [5.41, 5.74) is 0. The third-order valence-corrected chi connectivity index (χ3v) is 5.29. The van der Waals surface area contributed by atoms with Gasteiger partial charge in [-0.2, -0.15) is 0 Å². The summed E-state index contributed by atoms with van der Waals surface area (Å²) in [5.74, 6) is 1.10. The van der Waals surface area contributed by atoms with E-state index in [1.165, 1.54) is 0 Å². The van der Waals surface area contributed by atoms with Crippen LogP contribution in [0.3, 0.4) is 0 Å². The maximum absolute atomic E-state index is 12.3. The number of amides is 1. The number of thiophene rings is 1. The smallest absolute Gasteiger partial charge is 0.224 e. The summed E-state index contributed by atoms with van der Waals surface area (Å²) in [6.45, 7) is 4.55. The lowest BCUT2D eigenvalue weighted by Crippen LogP contribution is -2.34. The Bertz CT molecular complexity index is 662. The van der Waals surface area contributed by atoms with Crippen molar-refractivity contribution in [2.24, 2.45) is 0 Å². The van der Waals surface area contributed by atoms with Gasteiger partial charge in [-0.1, -0.05) is 29.8 Å². The number of carbonyl (C=O) groups excluding carboxylic acids is 1. The molecule has 2 aromatic rings. The molecule has 128 valence electrons. The van der Waals surface area contributed by atoms with Gasteiger partial charge in [0, 0.05) is 37.5 Å². The molecule has 1 aliphatic rings. The molecule has 0 atom stereocenters. The first kappa shape index (κ1) is 17.3. The Morgan fingerprint density at radius 1 is 1.08 bits per heavy atom. The number of halogens is 1. The molecule has 0 aliphatic carbocycles. The second-order valence-electron chi connectivity index (χ2n) is 5.77. The number of carbonyl (C=O) groups is 1. The molecule has 24 heavy (non-hydrogen) atoms. The molecule has 4 nitrogen and oxygen atoms in total. The standard InChI is InChI=1S/C18H21ClN2O2S/c19-17-7-6-16(24-17)14-21-11-10-20(9-8-18(21)22)12-13-23-15-4-2-1-3-5-15/h1-7H,8-14H2. The molecule has 0 spiro atoms. The number of rotatable bonds is 6. The van der Waals surface area contributed by atoms with Crippen molar-refractivity contribution >= 4 is 28.8 Å². The minimum atomic E-state index is 0.214. The fourth-order valence-corrected chi connectivity index (χ4v) is 3.84. The molecule has 0 unspecified atom stereocenters. The highest BCUT2D eigenvalue weighted by Gasteiger charge is 2.21. The molecule has 1 aliphatic heterocycles. The molecule has 1 fully saturated rings. The van der Waals surface area contributed by atoms with Crippen LogP contribution in [0.1, 0.15) is 11.3 Å². The van der Waals surface area contributed by atoms with Crippen molar-refractivity contribution in [2.75, 3.05) is 32.8 Å². The Labute approximate surface area is 151 Å². The van der Waals surface area contributed by atoms with Crippen LogP contribution in [-0.2, 0) is 11.3 Å². The van der Waals surface area contributed by atoms with Crippen molar-refractivity contribution in [3.05, 3.63) is 51.7 Å². The van der Waals surface area contributed by atoms with E-state index in [9.17, 15) is 4.79 Å². The Morgan fingerprint density at radius 2 is 1.92 bits per heavy atom. The third kappa shape index (κ3) is 4.97. The summed E-state index contributed by atoms with van der Waals surface area (Å²) in [7, 11) is 0. The van der Waals surface area contributed by atoms with E-state index < -0.39 is 0 Å². The topological polar surface area (TPSA) is 32.8 Å².